The highest BCUT2D eigenvalue weighted by molar-refractivity contribution is 5.85. The van der Waals surface area contributed by atoms with Gasteiger partial charge in [-0.3, -0.25) is 4.79 Å². The number of rotatable bonds is 6. The number of piperidine rings is 1. The van der Waals surface area contributed by atoms with Gasteiger partial charge in [0.25, 0.3) is 0 Å². The van der Waals surface area contributed by atoms with Crippen molar-refractivity contribution in [3.8, 4) is 5.75 Å². The van der Waals surface area contributed by atoms with Gasteiger partial charge >= 0.3 is 5.97 Å². The molecule has 194 valence electrons. The molecule has 0 spiro atoms. The molecule has 2 aromatic heterocycles. The molecule has 1 aliphatic heterocycles. The topological polar surface area (TPSA) is 154 Å². The molecule has 5 rings (SSSR count). The number of anilines is 2. The predicted octanol–water partition coefficient (Wildman–Crippen LogP) is 4.29. The van der Waals surface area contributed by atoms with Crippen LogP contribution in [0.15, 0.2) is 42.9 Å². The van der Waals surface area contributed by atoms with Crippen molar-refractivity contribution in [1.29, 1.82) is 0 Å². The van der Waals surface area contributed by atoms with Crippen molar-refractivity contribution in [2.24, 2.45) is 11.7 Å². The van der Waals surface area contributed by atoms with Gasteiger partial charge in [-0.15, -0.1) is 0 Å². The van der Waals surface area contributed by atoms with Gasteiger partial charge in [-0.05, 0) is 79.7 Å². The van der Waals surface area contributed by atoms with Crippen LogP contribution in [-0.4, -0.2) is 44.2 Å². The Bertz CT molecular complexity index is 1270. The van der Waals surface area contributed by atoms with E-state index in [9.17, 15) is 15.0 Å². The number of benzene rings is 1. The van der Waals surface area contributed by atoms with E-state index in [1.54, 1.807) is 18.2 Å². The number of nitrogen functional groups attached to an aromatic ring is 1. The Morgan fingerprint density at radius 1 is 1.03 bits per heavy atom. The van der Waals surface area contributed by atoms with E-state index in [4.69, 9.17) is 11.5 Å². The normalized spacial score (nSPS) is 21.2. The molecule has 2 aliphatic rings. The molecule has 3 aromatic rings. The average molecular weight is 503 g/mol. The number of aromatic amines is 1. The van der Waals surface area contributed by atoms with Crippen LogP contribution in [0.1, 0.15) is 72.6 Å². The van der Waals surface area contributed by atoms with E-state index in [-0.39, 0.29) is 11.7 Å². The number of carboxylic acids is 1. The molecule has 2 fully saturated rings. The molecular formula is C28H34N6O3. The summed E-state index contributed by atoms with van der Waals surface area (Å²) in [5.41, 5.74) is 16.7. The van der Waals surface area contributed by atoms with E-state index in [0.717, 1.165) is 61.4 Å². The number of para-hydroxylation sites is 1. The Balaban J connectivity index is 1.22. The maximum atomic E-state index is 11.2. The summed E-state index contributed by atoms with van der Waals surface area (Å²) in [6, 6.07) is 7.01. The zero-order valence-electron chi connectivity index (χ0n) is 20.8. The molecule has 0 bridgehead atoms. The van der Waals surface area contributed by atoms with E-state index in [1.165, 1.54) is 0 Å². The first-order valence-corrected chi connectivity index (χ1v) is 12.9. The van der Waals surface area contributed by atoms with Gasteiger partial charge in [0.1, 0.15) is 11.6 Å². The second-order valence-electron chi connectivity index (χ2n) is 10.2. The number of aromatic nitrogens is 3. The number of H-pyrrole nitrogens is 1. The van der Waals surface area contributed by atoms with E-state index in [1.807, 2.05) is 30.7 Å². The van der Waals surface area contributed by atoms with Crippen molar-refractivity contribution in [2.75, 3.05) is 23.7 Å². The fraction of sp³-hybridized carbons (Fsp3) is 0.393. The van der Waals surface area contributed by atoms with E-state index in [2.05, 4.69) is 19.9 Å². The standard InChI is InChI=1S/C28H34N6O3/c29-24(21-3-1-2-4-25(21)35)13-22-23(16-31-26(22)30)18-9-11-34(12-10-18)28-32-14-20(15-33-28)17-5-7-19(8-6-17)27(36)37/h1-4,13-19,31,35H,5-12,29-30H2,(H,36,37)/b24-13-/t17-,19+. The number of hydrogen-bond donors (Lipinski definition) is 5. The Hall–Kier alpha value is -4.01. The molecular weight excluding hydrogens is 468 g/mol. The smallest absolute Gasteiger partial charge is 0.306 e. The molecule has 1 saturated heterocycles. The average Bonchev–Trinajstić information content (AvgIpc) is 3.28. The van der Waals surface area contributed by atoms with Gasteiger partial charge in [0, 0.05) is 48.5 Å². The Labute approximate surface area is 216 Å². The highest BCUT2D eigenvalue weighted by Crippen LogP contribution is 2.37. The second-order valence-corrected chi connectivity index (χ2v) is 10.2. The summed E-state index contributed by atoms with van der Waals surface area (Å²) >= 11 is 0. The van der Waals surface area contributed by atoms with Crippen LogP contribution in [0.25, 0.3) is 11.8 Å². The minimum absolute atomic E-state index is 0.138. The lowest BCUT2D eigenvalue weighted by molar-refractivity contribution is -0.142. The third kappa shape index (κ3) is 5.26. The maximum absolute atomic E-state index is 11.2. The molecule has 1 aliphatic carbocycles. The molecule has 9 heteroatoms. The molecule has 37 heavy (non-hydrogen) atoms. The van der Waals surface area contributed by atoms with Crippen LogP contribution in [0.2, 0.25) is 0 Å². The van der Waals surface area contributed by atoms with Gasteiger partial charge in [0.2, 0.25) is 5.95 Å². The lowest BCUT2D eigenvalue weighted by Gasteiger charge is -2.32. The Morgan fingerprint density at radius 3 is 2.35 bits per heavy atom. The molecule has 1 saturated carbocycles. The number of phenols is 1. The van der Waals surface area contributed by atoms with Gasteiger partial charge in [-0.25, -0.2) is 9.97 Å². The van der Waals surface area contributed by atoms with E-state index >= 15 is 0 Å². The quantitative estimate of drug-likeness (QED) is 0.334. The molecule has 9 nitrogen and oxygen atoms in total. The van der Waals surface area contributed by atoms with Crippen LogP contribution >= 0.6 is 0 Å². The number of phenolic OH excluding ortho intramolecular Hbond substituents is 1. The number of nitrogens with one attached hydrogen (secondary N) is 1. The molecule has 0 atom stereocenters. The largest absolute Gasteiger partial charge is 0.507 e. The first-order valence-electron chi connectivity index (χ1n) is 12.9. The molecule has 7 N–H and O–H groups in total. The summed E-state index contributed by atoms with van der Waals surface area (Å²) in [7, 11) is 0. The molecule has 0 unspecified atom stereocenters. The minimum Gasteiger partial charge on any atom is -0.507 e. The van der Waals surface area contributed by atoms with Crippen LogP contribution in [0.3, 0.4) is 0 Å². The molecule has 0 amide bonds. The van der Waals surface area contributed by atoms with Gasteiger partial charge in [-0.2, -0.15) is 0 Å². The van der Waals surface area contributed by atoms with Crippen LogP contribution in [-0.2, 0) is 4.79 Å². The van der Waals surface area contributed by atoms with E-state index < -0.39 is 5.97 Å². The minimum atomic E-state index is -0.683. The van der Waals surface area contributed by atoms with Crippen LogP contribution in [0.4, 0.5) is 11.8 Å². The Kier molecular flexibility index (Phi) is 7.03. The molecule has 1 aromatic carbocycles. The fourth-order valence-electron chi connectivity index (χ4n) is 5.69. The number of hydrogen-bond acceptors (Lipinski definition) is 7. The Morgan fingerprint density at radius 2 is 1.70 bits per heavy atom. The number of aliphatic carboxylic acids is 1. The van der Waals surface area contributed by atoms with Crippen molar-refractivity contribution in [2.45, 2.75) is 50.4 Å². The zero-order valence-corrected chi connectivity index (χ0v) is 20.8. The van der Waals surface area contributed by atoms with Gasteiger partial charge in [-0.1, -0.05) is 12.1 Å². The number of nitrogens with two attached hydrogens (primary N) is 2. The summed E-state index contributed by atoms with van der Waals surface area (Å²) in [6.45, 7) is 1.66. The molecule has 0 radical (unpaired) electrons. The zero-order chi connectivity index (χ0) is 25.9. The lowest BCUT2D eigenvalue weighted by Crippen LogP contribution is -2.34. The predicted molar refractivity (Wildman–Crippen MR) is 144 cm³/mol. The first kappa shape index (κ1) is 24.7. The highest BCUT2D eigenvalue weighted by atomic mass is 16.4. The van der Waals surface area contributed by atoms with Crippen LogP contribution in [0.5, 0.6) is 5.75 Å². The summed E-state index contributed by atoms with van der Waals surface area (Å²) < 4.78 is 0. The molecule has 3 heterocycles. The number of nitrogens with zero attached hydrogens (tertiary/aromatic N) is 3. The lowest BCUT2D eigenvalue weighted by atomic mass is 9.79. The third-order valence-electron chi connectivity index (χ3n) is 7.92. The number of aromatic hydroxyl groups is 1. The van der Waals surface area contributed by atoms with Gasteiger partial charge in [0.15, 0.2) is 0 Å². The SMILES string of the molecule is N/C(=C\c1c(C2CCN(c3ncc([C@H]4CC[C@@H](C(=O)O)CC4)cn3)CC2)c[nH]c1N)c1ccccc1O. The van der Waals surface area contributed by atoms with Crippen molar-refractivity contribution >= 4 is 29.5 Å². The second kappa shape index (κ2) is 10.5. The van der Waals surface area contributed by atoms with Gasteiger partial charge in [0.05, 0.1) is 5.92 Å². The van der Waals surface area contributed by atoms with Crippen molar-refractivity contribution < 1.29 is 15.0 Å². The maximum Gasteiger partial charge on any atom is 0.306 e. The van der Waals surface area contributed by atoms with Gasteiger partial charge < -0.3 is 31.6 Å². The number of carboxylic acid groups (broad SMARTS) is 1. The fourth-order valence-corrected chi connectivity index (χ4v) is 5.69. The van der Waals surface area contributed by atoms with Crippen molar-refractivity contribution in [3.63, 3.8) is 0 Å². The van der Waals surface area contributed by atoms with Crippen LogP contribution < -0.4 is 16.4 Å². The van der Waals surface area contributed by atoms with E-state index in [0.29, 0.717) is 41.8 Å². The van der Waals surface area contributed by atoms with Crippen LogP contribution in [0, 0.1) is 5.92 Å². The summed E-state index contributed by atoms with van der Waals surface area (Å²) in [4.78, 5) is 25.9. The van der Waals surface area contributed by atoms with Crippen molar-refractivity contribution in [3.05, 3.63) is 65.1 Å². The summed E-state index contributed by atoms with van der Waals surface area (Å²) in [6.07, 6.45) is 12.7. The monoisotopic (exact) mass is 502 g/mol. The summed E-state index contributed by atoms with van der Waals surface area (Å²) in [5, 5.41) is 19.4. The summed E-state index contributed by atoms with van der Waals surface area (Å²) in [5.74, 6) is 1.19. The first-order chi connectivity index (χ1) is 17.9. The van der Waals surface area contributed by atoms with Crippen molar-refractivity contribution in [1.82, 2.24) is 15.0 Å². The highest BCUT2D eigenvalue weighted by Gasteiger charge is 2.28. The number of carbonyl (C=O) groups is 1. The third-order valence-corrected chi connectivity index (χ3v) is 7.92.